The number of hydrogen-bond acceptors (Lipinski definition) is 4. The Morgan fingerprint density at radius 1 is 1.09 bits per heavy atom. The Hall–Kier alpha value is -1.64. The highest BCUT2D eigenvalue weighted by Gasteiger charge is 2.44. The van der Waals surface area contributed by atoms with E-state index in [1.54, 1.807) is 0 Å². The van der Waals surface area contributed by atoms with Gasteiger partial charge in [-0.3, -0.25) is 4.79 Å². The van der Waals surface area contributed by atoms with E-state index in [1.165, 1.54) is 26.7 Å². The minimum atomic E-state index is -4.56. The number of rotatable bonds is 8. The lowest BCUT2D eigenvalue weighted by molar-refractivity contribution is -0.141. The minimum absolute atomic E-state index is 0.0611. The quantitative estimate of drug-likeness (QED) is 0.561. The maximum atomic E-state index is 13.0. The molecule has 4 rings (SSSR count). The van der Waals surface area contributed by atoms with E-state index in [2.05, 4.69) is 10.3 Å². The summed E-state index contributed by atoms with van der Waals surface area (Å²) in [5, 5.41) is 2.68. The molecule has 33 heavy (non-hydrogen) atoms. The number of hydrogen-bond donors (Lipinski definition) is 1. The molecule has 0 saturated heterocycles. The standard InChI is InChI=1S/C24H33F3N2O3S/c1-15-11-20(24(25,26)27)29-16(2)21(15)22(30)28-14-23(12-17-3-4-17)9-7-19(8-10-23)33(31,32)13-18-5-6-18/h11,17-19H,3-10,12-14H2,1-2H3,(H,28,30)/t19-,23+. The van der Waals surface area contributed by atoms with Gasteiger partial charge in [0.15, 0.2) is 9.84 Å². The molecule has 9 heteroatoms. The Morgan fingerprint density at radius 2 is 1.70 bits per heavy atom. The molecule has 1 N–H and O–H groups in total. The average molecular weight is 487 g/mol. The summed E-state index contributed by atoms with van der Waals surface area (Å²) in [5.41, 5.74) is -0.650. The smallest absolute Gasteiger partial charge is 0.351 e. The summed E-state index contributed by atoms with van der Waals surface area (Å²) in [6.45, 7) is 3.33. The first kappa shape index (κ1) is 24.5. The number of aromatic nitrogens is 1. The van der Waals surface area contributed by atoms with Crippen molar-refractivity contribution in [3.63, 3.8) is 0 Å². The first-order valence-electron chi connectivity index (χ1n) is 11.9. The molecule has 3 fully saturated rings. The molecule has 0 unspecified atom stereocenters. The zero-order valence-electron chi connectivity index (χ0n) is 19.3. The molecule has 0 spiro atoms. The first-order valence-corrected chi connectivity index (χ1v) is 13.7. The van der Waals surface area contributed by atoms with Crippen molar-refractivity contribution in [1.29, 1.82) is 0 Å². The third-order valence-electron chi connectivity index (χ3n) is 7.62. The van der Waals surface area contributed by atoms with Crippen LogP contribution in [0.1, 0.15) is 85.1 Å². The molecular weight excluding hydrogens is 453 g/mol. The Bertz CT molecular complexity index is 983. The van der Waals surface area contributed by atoms with Gasteiger partial charge in [0, 0.05) is 6.54 Å². The highest BCUT2D eigenvalue weighted by molar-refractivity contribution is 7.92. The molecule has 0 aromatic carbocycles. The third kappa shape index (κ3) is 5.89. The maximum Gasteiger partial charge on any atom is 0.433 e. The van der Waals surface area contributed by atoms with Crippen LogP contribution in [-0.2, 0) is 16.0 Å². The lowest BCUT2D eigenvalue weighted by Gasteiger charge is -2.40. The van der Waals surface area contributed by atoms with Crippen molar-refractivity contribution >= 4 is 15.7 Å². The highest BCUT2D eigenvalue weighted by atomic mass is 32.2. The average Bonchev–Trinajstić information content (AvgIpc) is 3.63. The van der Waals surface area contributed by atoms with E-state index in [0.29, 0.717) is 37.0 Å². The molecule has 3 aliphatic carbocycles. The summed E-state index contributed by atoms with van der Waals surface area (Å²) in [4.78, 5) is 16.6. The van der Waals surface area contributed by atoms with Crippen molar-refractivity contribution in [3.8, 4) is 0 Å². The fourth-order valence-electron chi connectivity index (χ4n) is 5.38. The van der Waals surface area contributed by atoms with Crippen LogP contribution >= 0.6 is 0 Å². The van der Waals surface area contributed by atoms with Crippen LogP contribution in [0.15, 0.2) is 6.07 Å². The lowest BCUT2D eigenvalue weighted by Crippen LogP contribution is -2.43. The van der Waals surface area contributed by atoms with Crippen LogP contribution < -0.4 is 5.32 Å². The zero-order chi connectivity index (χ0) is 24.0. The van der Waals surface area contributed by atoms with E-state index < -0.39 is 27.6 Å². The topological polar surface area (TPSA) is 76.1 Å². The Morgan fingerprint density at radius 3 is 2.21 bits per heavy atom. The van der Waals surface area contributed by atoms with Gasteiger partial charge in [-0.1, -0.05) is 12.8 Å². The van der Waals surface area contributed by atoms with E-state index in [1.807, 2.05) is 0 Å². The van der Waals surface area contributed by atoms with Gasteiger partial charge >= 0.3 is 6.18 Å². The van der Waals surface area contributed by atoms with Crippen LogP contribution in [0, 0.1) is 31.1 Å². The normalized spacial score (nSPS) is 26.3. The number of halogens is 3. The summed E-state index contributed by atoms with van der Waals surface area (Å²) < 4.78 is 64.6. The van der Waals surface area contributed by atoms with Crippen LogP contribution in [0.3, 0.4) is 0 Å². The minimum Gasteiger partial charge on any atom is -0.351 e. The molecule has 3 aliphatic rings. The van der Waals surface area contributed by atoms with Crippen LogP contribution in [0.4, 0.5) is 13.2 Å². The van der Waals surface area contributed by atoms with Crippen molar-refractivity contribution in [1.82, 2.24) is 10.3 Å². The Balaban J connectivity index is 1.43. The second kappa shape index (κ2) is 8.86. The maximum absolute atomic E-state index is 13.0. The molecule has 1 amide bonds. The number of nitrogens with one attached hydrogen (secondary N) is 1. The van der Waals surface area contributed by atoms with E-state index in [9.17, 15) is 26.4 Å². The second-order valence-corrected chi connectivity index (χ2v) is 12.9. The Kier molecular flexibility index (Phi) is 6.57. The fraction of sp³-hybridized carbons (Fsp3) is 0.750. The van der Waals surface area contributed by atoms with Gasteiger partial charge in [0.05, 0.1) is 22.3 Å². The van der Waals surface area contributed by atoms with Crippen molar-refractivity contribution in [2.75, 3.05) is 12.3 Å². The van der Waals surface area contributed by atoms with Crippen molar-refractivity contribution in [2.24, 2.45) is 17.3 Å². The molecule has 1 aromatic rings. The summed E-state index contributed by atoms with van der Waals surface area (Å²) in [6.07, 6.45) is 3.52. The molecule has 3 saturated carbocycles. The van der Waals surface area contributed by atoms with Gasteiger partial charge in [0.1, 0.15) is 5.69 Å². The molecule has 1 heterocycles. The zero-order valence-corrected chi connectivity index (χ0v) is 20.1. The summed E-state index contributed by atoms with van der Waals surface area (Å²) in [6, 6.07) is 0.914. The van der Waals surface area contributed by atoms with Gasteiger partial charge in [-0.15, -0.1) is 0 Å². The van der Waals surface area contributed by atoms with Crippen LogP contribution in [0.2, 0.25) is 0 Å². The van der Waals surface area contributed by atoms with Gasteiger partial charge in [-0.2, -0.15) is 13.2 Å². The highest BCUT2D eigenvalue weighted by Crippen LogP contribution is 2.49. The van der Waals surface area contributed by atoms with Crippen LogP contribution in [0.5, 0.6) is 0 Å². The summed E-state index contributed by atoms with van der Waals surface area (Å²) in [5.74, 6) is 0.864. The Labute approximate surface area is 193 Å². The molecular formula is C24H33F3N2O3S. The summed E-state index contributed by atoms with van der Waals surface area (Å²) >= 11 is 0. The largest absolute Gasteiger partial charge is 0.433 e. The van der Waals surface area contributed by atoms with Crippen LogP contribution in [-0.4, -0.2) is 36.9 Å². The predicted octanol–water partition coefficient (Wildman–Crippen LogP) is 5.00. The first-order chi connectivity index (χ1) is 15.4. The second-order valence-electron chi connectivity index (χ2n) is 10.6. The number of carbonyl (C=O) groups excluding carboxylic acids is 1. The number of aryl methyl sites for hydroxylation is 2. The third-order valence-corrected chi connectivity index (χ3v) is 10.0. The molecule has 0 bridgehead atoms. The predicted molar refractivity (Wildman–Crippen MR) is 120 cm³/mol. The molecule has 5 nitrogen and oxygen atoms in total. The molecule has 1 aromatic heterocycles. The van der Waals surface area contributed by atoms with Crippen LogP contribution in [0.25, 0.3) is 0 Å². The van der Waals surface area contributed by atoms with Gasteiger partial charge in [-0.05, 0) is 87.7 Å². The lowest BCUT2D eigenvalue weighted by atomic mass is 9.70. The SMILES string of the molecule is Cc1cc(C(F)(F)F)nc(C)c1C(=O)NC[C@]1(CC2CC2)CC[C@H](S(=O)(=O)CC2CC2)CC1. The fourth-order valence-corrected chi connectivity index (χ4v) is 7.59. The van der Waals surface area contributed by atoms with Gasteiger partial charge in [0.2, 0.25) is 0 Å². The van der Waals surface area contributed by atoms with E-state index in [0.717, 1.165) is 38.2 Å². The van der Waals surface area contributed by atoms with E-state index in [4.69, 9.17) is 0 Å². The number of nitrogens with zero attached hydrogens (tertiary/aromatic N) is 1. The number of pyridine rings is 1. The molecule has 0 atom stereocenters. The van der Waals surface area contributed by atoms with Crippen molar-refractivity contribution < 1.29 is 26.4 Å². The van der Waals surface area contributed by atoms with E-state index in [-0.39, 0.29) is 27.5 Å². The van der Waals surface area contributed by atoms with Gasteiger partial charge in [0.25, 0.3) is 5.91 Å². The molecule has 0 aliphatic heterocycles. The van der Waals surface area contributed by atoms with Gasteiger partial charge in [-0.25, -0.2) is 13.4 Å². The number of sulfone groups is 1. The van der Waals surface area contributed by atoms with Gasteiger partial charge < -0.3 is 5.32 Å². The number of amides is 1. The monoisotopic (exact) mass is 486 g/mol. The number of carbonyl (C=O) groups is 1. The van der Waals surface area contributed by atoms with Crippen molar-refractivity contribution in [2.45, 2.75) is 83.1 Å². The molecule has 184 valence electrons. The molecule has 0 radical (unpaired) electrons. The van der Waals surface area contributed by atoms with Crippen molar-refractivity contribution in [3.05, 3.63) is 28.6 Å². The summed E-state index contributed by atoms with van der Waals surface area (Å²) in [7, 11) is -3.07. The number of alkyl halides is 3. The van der Waals surface area contributed by atoms with E-state index >= 15 is 0 Å².